The van der Waals surface area contributed by atoms with Gasteiger partial charge in [0.25, 0.3) is 0 Å². The minimum absolute atomic E-state index is 0.0706. The lowest BCUT2D eigenvalue weighted by molar-refractivity contribution is -0.313. The molecule has 2 rings (SSSR count). The zero-order valence-corrected chi connectivity index (χ0v) is 12.4. The number of carboxylic acids is 1. The van der Waals surface area contributed by atoms with Crippen LogP contribution in [0.1, 0.15) is 12.8 Å². The van der Waals surface area contributed by atoms with Gasteiger partial charge in [-0.25, -0.2) is 13.6 Å². The molecule has 0 bridgehead atoms. The summed E-state index contributed by atoms with van der Waals surface area (Å²) in [6.45, 7) is 0. The van der Waals surface area contributed by atoms with E-state index in [1.807, 2.05) is 0 Å². The zero-order chi connectivity index (χ0) is 16.3. The maximum Gasteiger partial charge on any atom is 0.238 e. The van der Waals surface area contributed by atoms with E-state index >= 15 is 0 Å². The van der Waals surface area contributed by atoms with Crippen molar-refractivity contribution in [3.05, 3.63) is 36.4 Å². The fourth-order valence-corrected chi connectivity index (χ4v) is 2.84. The third-order valence-electron chi connectivity index (χ3n) is 3.52. The summed E-state index contributed by atoms with van der Waals surface area (Å²) >= 11 is 0. The van der Waals surface area contributed by atoms with Gasteiger partial charge in [0.15, 0.2) is 0 Å². The number of allylic oxidation sites excluding steroid dienone is 2. The van der Waals surface area contributed by atoms with Gasteiger partial charge in [0, 0.05) is 17.6 Å². The largest absolute Gasteiger partial charge is 0.550 e. The molecule has 0 aromatic heterocycles. The van der Waals surface area contributed by atoms with E-state index in [9.17, 15) is 23.1 Å². The molecule has 1 aromatic rings. The highest BCUT2D eigenvalue weighted by Crippen LogP contribution is 2.26. The molecule has 7 nitrogen and oxygen atoms in total. The molecule has 1 aromatic carbocycles. The zero-order valence-electron chi connectivity index (χ0n) is 11.6. The molecule has 0 heterocycles. The van der Waals surface area contributed by atoms with Crippen molar-refractivity contribution in [1.82, 2.24) is 0 Å². The summed E-state index contributed by atoms with van der Waals surface area (Å²) in [4.78, 5) is 23.2. The molecule has 0 unspecified atom stereocenters. The number of carboxylic acid groups (broad SMARTS) is 1. The monoisotopic (exact) mass is 323 g/mol. The molecule has 22 heavy (non-hydrogen) atoms. The second-order valence-corrected chi connectivity index (χ2v) is 6.59. The van der Waals surface area contributed by atoms with Gasteiger partial charge < -0.3 is 15.2 Å². The molecule has 8 heteroatoms. The summed E-state index contributed by atoms with van der Waals surface area (Å²) in [6.07, 6.45) is 4.05. The van der Waals surface area contributed by atoms with Crippen molar-refractivity contribution < 1.29 is 23.1 Å². The molecule has 0 saturated heterocycles. The molecular formula is C14H15N2O5S-. The lowest BCUT2D eigenvalue weighted by Crippen LogP contribution is -2.41. The van der Waals surface area contributed by atoms with Crippen LogP contribution in [0.25, 0.3) is 0 Å². The van der Waals surface area contributed by atoms with E-state index < -0.39 is 33.7 Å². The number of nitrogens with one attached hydrogen (secondary N) is 1. The number of aliphatic carboxylic acids is 1. The molecule has 0 aliphatic heterocycles. The number of hydrogen-bond donors (Lipinski definition) is 2. The van der Waals surface area contributed by atoms with E-state index in [1.54, 1.807) is 12.2 Å². The van der Waals surface area contributed by atoms with Crippen LogP contribution in [0.4, 0.5) is 5.69 Å². The molecule has 0 fully saturated rings. The van der Waals surface area contributed by atoms with Crippen molar-refractivity contribution in [3.63, 3.8) is 0 Å². The normalized spacial score (nSPS) is 21.3. The summed E-state index contributed by atoms with van der Waals surface area (Å²) in [6, 6.07) is 5.32. The van der Waals surface area contributed by atoms with E-state index in [0.717, 1.165) is 0 Å². The smallest absolute Gasteiger partial charge is 0.238 e. The standard InChI is InChI=1S/C14H16N2O5S/c15-22(20,21)10-7-5-9(6-8-10)16-13(17)11-3-1-2-4-12(11)14(18)19/h1-2,5-8,11-12H,3-4H2,(H,16,17)(H,18,19)(H2,15,20,21)/p-1/t11-,12+/m0/s1. The minimum Gasteiger partial charge on any atom is -0.550 e. The van der Waals surface area contributed by atoms with Crippen LogP contribution in [0.3, 0.4) is 0 Å². The quantitative estimate of drug-likeness (QED) is 0.729. The number of hydrogen-bond acceptors (Lipinski definition) is 5. The van der Waals surface area contributed by atoms with E-state index in [2.05, 4.69) is 5.32 Å². The van der Waals surface area contributed by atoms with Crippen LogP contribution in [0.2, 0.25) is 0 Å². The van der Waals surface area contributed by atoms with Gasteiger partial charge in [-0.3, -0.25) is 4.79 Å². The van der Waals surface area contributed by atoms with Gasteiger partial charge in [0.05, 0.1) is 10.8 Å². The van der Waals surface area contributed by atoms with E-state index in [1.165, 1.54) is 24.3 Å². The number of primary sulfonamides is 1. The van der Waals surface area contributed by atoms with Gasteiger partial charge in [-0.05, 0) is 37.1 Å². The molecule has 2 atom stereocenters. The van der Waals surface area contributed by atoms with E-state index in [4.69, 9.17) is 5.14 Å². The molecule has 1 amide bonds. The number of carbonyl (C=O) groups excluding carboxylic acids is 2. The highest BCUT2D eigenvalue weighted by atomic mass is 32.2. The summed E-state index contributed by atoms with van der Waals surface area (Å²) in [5.74, 6) is -3.28. The predicted molar refractivity (Wildman–Crippen MR) is 76.8 cm³/mol. The van der Waals surface area contributed by atoms with Crippen LogP contribution < -0.4 is 15.6 Å². The van der Waals surface area contributed by atoms with Gasteiger partial charge in [0.1, 0.15) is 0 Å². The highest BCUT2D eigenvalue weighted by molar-refractivity contribution is 7.89. The third-order valence-corrected chi connectivity index (χ3v) is 4.45. The molecule has 0 saturated carbocycles. The fourth-order valence-electron chi connectivity index (χ4n) is 2.33. The first-order valence-electron chi connectivity index (χ1n) is 6.58. The topological polar surface area (TPSA) is 129 Å². The fraction of sp³-hybridized carbons (Fsp3) is 0.286. The van der Waals surface area contributed by atoms with Gasteiger partial charge in [-0.15, -0.1) is 0 Å². The number of sulfonamides is 1. The Hall–Kier alpha value is -2.19. The molecule has 0 spiro atoms. The van der Waals surface area contributed by atoms with Crippen molar-refractivity contribution in [3.8, 4) is 0 Å². The lowest BCUT2D eigenvalue weighted by Gasteiger charge is -2.28. The van der Waals surface area contributed by atoms with Crippen LogP contribution >= 0.6 is 0 Å². The highest BCUT2D eigenvalue weighted by Gasteiger charge is 2.29. The lowest BCUT2D eigenvalue weighted by atomic mass is 9.82. The summed E-state index contributed by atoms with van der Waals surface area (Å²) in [5.41, 5.74) is 0.365. The number of rotatable bonds is 4. The SMILES string of the molecule is NS(=O)(=O)c1ccc(NC(=O)[C@H]2CC=CC[C@H]2C(=O)[O-])cc1. The molecule has 118 valence electrons. The van der Waals surface area contributed by atoms with Crippen molar-refractivity contribution in [2.24, 2.45) is 17.0 Å². The summed E-state index contributed by atoms with van der Waals surface area (Å²) in [7, 11) is -3.80. The van der Waals surface area contributed by atoms with E-state index in [-0.39, 0.29) is 11.3 Å². The number of nitrogens with two attached hydrogens (primary N) is 1. The third kappa shape index (κ3) is 3.71. The van der Waals surface area contributed by atoms with Gasteiger partial charge >= 0.3 is 0 Å². The van der Waals surface area contributed by atoms with Crippen LogP contribution in [0.15, 0.2) is 41.3 Å². The number of carbonyl (C=O) groups is 2. The number of anilines is 1. The van der Waals surface area contributed by atoms with Crippen LogP contribution in [-0.2, 0) is 19.6 Å². The average molecular weight is 323 g/mol. The average Bonchev–Trinajstić information content (AvgIpc) is 2.46. The first-order valence-corrected chi connectivity index (χ1v) is 8.13. The van der Waals surface area contributed by atoms with Crippen molar-refractivity contribution in [2.75, 3.05) is 5.32 Å². The Morgan fingerprint density at radius 2 is 1.64 bits per heavy atom. The molecule has 0 radical (unpaired) electrons. The van der Waals surface area contributed by atoms with E-state index in [0.29, 0.717) is 12.1 Å². The first kappa shape index (κ1) is 16.2. The molecule has 3 N–H and O–H groups in total. The second-order valence-electron chi connectivity index (χ2n) is 5.03. The van der Waals surface area contributed by atoms with Crippen LogP contribution in [0.5, 0.6) is 0 Å². The Kier molecular flexibility index (Phi) is 4.62. The Morgan fingerprint density at radius 3 is 2.14 bits per heavy atom. The maximum atomic E-state index is 12.2. The van der Waals surface area contributed by atoms with Crippen LogP contribution in [-0.4, -0.2) is 20.3 Å². The molecular weight excluding hydrogens is 308 g/mol. The Balaban J connectivity index is 2.11. The van der Waals surface area contributed by atoms with Gasteiger partial charge in [0.2, 0.25) is 15.9 Å². The predicted octanol–water partition coefficient (Wildman–Crippen LogP) is -0.395. The summed E-state index contributed by atoms with van der Waals surface area (Å²) in [5, 5.41) is 18.6. The van der Waals surface area contributed by atoms with Gasteiger partial charge in [-0.2, -0.15) is 0 Å². The Bertz CT molecular complexity index is 709. The van der Waals surface area contributed by atoms with Crippen molar-refractivity contribution in [1.29, 1.82) is 0 Å². The van der Waals surface area contributed by atoms with Crippen molar-refractivity contribution in [2.45, 2.75) is 17.7 Å². The Morgan fingerprint density at radius 1 is 1.09 bits per heavy atom. The van der Waals surface area contributed by atoms with Gasteiger partial charge in [-0.1, -0.05) is 12.2 Å². The summed E-state index contributed by atoms with van der Waals surface area (Å²) < 4.78 is 22.3. The molecule has 1 aliphatic carbocycles. The number of benzene rings is 1. The molecule has 1 aliphatic rings. The number of amides is 1. The van der Waals surface area contributed by atoms with Crippen molar-refractivity contribution >= 4 is 27.6 Å². The van der Waals surface area contributed by atoms with Crippen LogP contribution in [0, 0.1) is 11.8 Å². The Labute approximate surface area is 127 Å². The minimum atomic E-state index is -3.80. The first-order chi connectivity index (χ1) is 10.3. The second kappa shape index (κ2) is 6.29. The maximum absolute atomic E-state index is 12.2.